The molecule has 180 valence electrons. The first-order valence-electron chi connectivity index (χ1n) is 10.9. The second kappa shape index (κ2) is 12.4. The number of ether oxygens (including phenoxy) is 1. The fraction of sp³-hybridized carbons (Fsp3) is 0.652. The van der Waals surface area contributed by atoms with Gasteiger partial charge in [-0.2, -0.15) is 11.8 Å². The zero-order valence-corrected chi connectivity index (χ0v) is 20.1. The smallest absolute Gasteiger partial charge is 0.310 e. The zero-order chi connectivity index (χ0) is 23.3. The molecular formula is C23H35F5OS2. The Balaban J connectivity index is 2.02. The quantitative estimate of drug-likeness (QED) is 0.139. The van der Waals surface area contributed by atoms with Gasteiger partial charge in [-0.3, -0.25) is 0 Å². The number of hydrogen-bond acceptors (Lipinski definition) is 2. The lowest BCUT2D eigenvalue weighted by molar-refractivity contribution is 0.0920. The normalized spacial score (nSPS) is 14.1. The van der Waals surface area contributed by atoms with Gasteiger partial charge in [0.05, 0.1) is 12.7 Å². The standard InChI is InChI=1S/C23H35F5OS2/c1-21(2)29-18-20-30-19-12-10-8-6-4-3-5-7-9-11-13-22-14-16-23(17-15-22)31(24,25,26,27)28/h14-17,21H,3-10,12,18-20H2,1-2H3. The van der Waals surface area contributed by atoms with Crippen molar-refractivity contribution in [2.24, 2.45) is 0 Å². The number of unbranched alkanes of at least 4 members (excludes halogenated alkanes) is 8. The summed E-state index contributed by atoms with van der Waals surface area (Å²) in [5.74, 6) is 7.91. The molecule has 0 saturated heterocycles. The summed E-state index contributed by atoms with van der Waals surface area (Å²) in [7, 11) is -9.59. The molecular weight excluding hydrogens is 451 g/mol. The van der Waals surface area contributed by atoms with Crippen molar-refractivity contribution >= 4 is 22.0 Å². The topological polar surface area (TPSA) is 9.23 Å². The second-order valence-corrected chi connectivity index (χ2v) is 11.5. The van der Waals surface area contributed by atoms with E-state index in [4.69, 9.17) is 4.74 Å². The number of thioether (sulfide) groups is 1. The molecule has 0 aliphatic carbocycles. The van der Waals surface area contributed by atoms with Gasteiger partial charge >= 0.3 is 10.2 Å². The number of benzene rings is 1. The Morgan fingerprint density at radius 1 is 0.806 bits per heavy atom. The SMILES string of the molecule is CC(C)OCCSCCCCCCCCCCC#Cc1ccc(S(F)(F)(F)(F)F)cc1. The maximum absolute atomic E-state index is 12.7. The highest BCUT2D eigenvalue weighted by molar-refractivity contribution is 8.45. The number of halogens is 5. The van der Waals surface area contributed by atoms with Gasteiger partial charge < -0.3 is 4.74 Å². The molecule has 8 heteroatoms. The van der Waals surface area contributed by atoms with Gasteiger partial charge in [0.15, 0.2) is 0 Å². The Hall–Kier alpha value is -0.910. The fourth-order valence-electron chi connectivity index (χ4n) is 2.88. The molecule has 0 aliphatic heterocycles. The molecule has 0 unspecified atom stereocenters. The minimum absolute atomic E-state index is 0.311. The van der Waals surface area contributed by atoms with Gasteiger partial charge in [0, 0.05) is 17.7 Å². The van der Waals surface area contributed by atoms with Crippen LogP contribution >= 0.6 is 22.0 Å². The second-order valence-electron chi connectivity index (χ2n) is 7.91. The van der Waals surface area contributed by atoms with Crippen molar-refractivity contribution in [1.82, 2.24) is 0 Å². The van der Waals surface area contributed by atoms with E-state index in [1.165, 1.54) is 37.9 Å². The molecule has 0 radical (unpaired) electrons. The summed E-state index contributed by atoms with van der Waals surface area (Å²) >= 11 is 1.95. The van der Waals surface area contributed by atoms with E-state index in [1.807, 2.05) is 11.8 Å². The zero-order valence-electron chi connectivity index (χ0n) is 18.5. The van der Waals surface area contributed by atoms with Crippen LogP contribution in [0.2, 0.25) is 0 Å². The van der Waals surface area contributed by atoms with Crippen molar-refractivity contribution in [2.45, 2.75) is 82.6 Å². The Morgan fingerprint density at radius 3 is 1.90 bits per heavy atom. The van der Waals surface area contributed by atoms with E-state index in [0.29, 0.717) is 30.2 Å². The lowest BCUT2D eigenvalue weighted by atomic mass is 10.1. The average Bonchev–Trinajstić information content (AvgIpc) is 2.66. The molecule has 0 atom stereocenters. The Morgan fingerprint density at radius 2 is 1.35 bits per heavy atom. The maximum Gasteiger partial charge on any atom is 0.310 e. The van der Waals surface area contributed by atoms with E-state index >= 15 is 0 Å². The molecule has 0 saturated carbocycles. The minimum atomic E-state index is -9.59. The summed E-state index contributed by atoms with van der Waals surface area (Å²) in [4.78, 5) is -1.87. The molecule has 1 rings (SSSR count). The third-order valence-electron chi connectivity index (χ3n) is 4.55. The summed E-state index contributed by atoms with van der Waals surface area (Å²) in [6.45, 7) is 4.93. The summed E-state index contributed by atoms with van der Waals surface area (Å²) in [6.07, 6.45) is 10.4. The number of hydrogen-bond donors (Lipinski definition) is 0. The lowest BCUT2D eigenvalue weighted by Gasteiger charge is -2.40. The van der Waals surface area contributed by atoms with Crippen LogP contribution in [0.25, 0.3) is 0 Å². The molecule has 0 amide bonds. The van der Waals surface area contributed by atoms with E-state index in [-0.39, 0.29) is 0 Å². The summed E-state index contributed by atoms with van der Waals surface area (Å²) in [5, 5.41) is 0. The average molecular weight is 487 g/mol. The third kappa shape index (κ3) is 14.7. The molecule has 0 fully saturated rings. The molecule has 0 bridgehead atoms. The van der Waals surface area contributed by atoms with Crippen molar-refractivity contribution in [1.29, 1.82) is 0 Å². The van der Waals surface area contributed by atoms with Gasteiger partial charge in [0.2, 0.25) is 0 Å². The van der Waals surface area contributed by atoms with Gasteiger partial charge in [0.1, 0.15) is 4.90 Å². The summed E-state index contributed by atoms with van der Waals surface area (Å²) in [6, 6.07) is 2.81. The first kappa shape index (κ1) is 28.1. The van der Waals surface area contributed by atoms with E-state index in [0.717, 1.165) is 43.8 Å². The molecule has 0 aromatic heterocycles. The van der Waals surface area contributed by atoms with Crippen LogP contribution in [-0.4, -0.2) is 24.2 Å². The predicted molar refractivity (Wildman–Crippen MR) is 125 cm³/mol. The van der Waals surface area contributed by atoms with Crippen LogP contribution in [0.4, 0.5) is 19.4 Å². The van der Waals surface area contributed by atoms with Gasteiger partial charge in [-0.15, -0.1) is 0 Å². The third-order valence-corrected chi connectivity index (χ3v) is 6.75. The van der Waals surface area contributed by atoms with Crippen LogP contribution in [0.1, 0.15) is 77.2 Å². The van der Waals surface area contributed by atoms with Crippen LogP contribution < -0.4 is 0 Å². The molecule has 0 heterocycles. The maximum atomic E-state index is 12.7. The highest BCUT2D eigenvalue weighted by Crippen LogP contribution is 3.02. The van der Waals surface area contributed by atoms with Crippen LogP contribution in [0.5, 0.6) is 0 Å². The van der Waals surface area contributed by atoms with Crippen LogP contribution in [0.15, 0.2) is 29.2 Å². The van der Waals surface area contributed by atoms with E-state index in [1.54, 1.807) is 0 Å². The van der Waals surface area contributed by atoms with Gasteiger partial charge in [-0.1, -0.05) is 69.8 Å². The largest absolute Gasteiger partial charge is 0.378 e. The van der Waals surface area contributed by atoms with E-state index < -0.39 is 15.1 Å². The molecule has 0 N–H and O–H groups in total. The van der Waals surface area contributed by atoms with Crippen LogP contribution in [0, 0.1) is 11.8 Å². The Bertz CT molecular complexity index is 691. The first-order chi connectivity index (χ1) is 14.4. The molecule has 0 aliphatic rings. The van der Waals surface area contributed by atoms with E-state index in [9.17, 15) is 19.4 Å². The van der Waals surface area contributed by atoms with Crippen molar-refractivity contribution in [3.8, 4) is 11.8 Å². The van der Waals surface area contributed by atoms with Crippen LogP contribution in [0.3, 0.4) is 0 Å². The first-order valence-corrected chi connectivity index (χ1v) is 14.0. The van der Waals surface area contributed by atoms with Gasteiger partial charge in [-0.25, -0.2) is 0 Å². The van der Waals surface area contributed by atoms with E-state index in [2.05, 4.69) is 25.7 Å². The van der Waals surface area contributed by atoms with Crippen molar-refractivity contribution in [2.75, 3.05) is 18.1 Å². The molecule has 1 nitrogen and oxygen atoms in total. The highest BCUT2D eigenvalue weighted by Gasteiger charge is 2.65. The molecule has 1 aromatic rings. The molecule has 0 spiro atoms. The lowest BCUT2D eigenvalue weighted by Crippen LogP contribution is -2.05. The summed E-state index contributed by atoms with van der Waals surface area (Å²) < 4.78 is 68.8. The van der Waals surface area contributed by atoms with Crippen molar-refractivity contribution in [3.63, 3.8) is 0 Å². The van der Waals surface area contributed by atoms with Crippen molar-refractivity contribution in [3.05, 3.63) is 29.8 Å². The van der Waals surface area contributed by atoms with Crippen molar-refractivity contribution < 1.29 is 24.2 Å². The van der Waals surface area contributed by atoms with Crippen LogP contribution in [-0.2, 0) is 4.74 Å². The minimum Gasteiger partial charge on any atom is -0.378 e. The highest BCUT2D eigenvalue weighted by atomic mass is 32.5. The predicted octanol–water partition coefficient (Wildman–Crippen LogP) is 9.36. The summed E-state index contributed by atoms with van der Waals surface area (Å²) in [5.41, 5.74) is 0.316. The van der Waals surface area contributed by atoms with Gasteiger partial charge in [0.25, 0.3) is 0 Å². The monoisotopic (exact) mass is 486 g/mol. The fourth-order valence-corrected chi connectivity index (χ4v) is 4.36. The Labute approximate surface area is 188 Å². The molecule has 31 heavy (non-hydrogen) atoms. The Kier molecular flexibility index (Phi) is 11.2. The number of rotatable bonds is 15. The van der Waals surface area contributed by atoms with Gasteiger partial charge in [-0.05, 0) is 56.7 Å². The molecule has 1 aromatic carbocycles.